The third-order valence-corrected chi connectivity index (χ3v) is 5.55. The number of nitrogens with two attached hydrogens (primary N) is 1. The average Bonchev–Trinajstić information content (AvgIpc) is 3.22. The molecule has 5 N–H and O–H groups in total. The summed E-state index contributed by atoms with van der Waals surface area (Å²) in [5, 5.41) is 11.8. The minimum Gasteiger partial charge on any atom is -0.383 e. The van der Waals surface area contributed by atoms with Gasteiger partial charge in [-0.05, 0) is 30.3 Å². The molecule has 13 nitrogen and oxygen atoms in total. The molecule has 0 fully saturated rings. The molecule has 1 heterocycles. The van der Waals surface area contributed by atoms with Crippen molar-refractivity contribution in [3.63, 3.8) is 0 Å². The molecule has 37 heavy (non-hydrogen) atoms. The summed E-state index contributed by atoms with van der Waals surface area (Å²) < 4.78 is 21.5. The van der Waals surface area contributed by atoms with Gasteiger partial charge in [-0.15, -0.1) is 4.91 Å². The molecule has 0 atom stereocenters. The lowest BCUT2D eigenvalue weighted by molar-refractivity contribution is -0.114. The van der Waals surface area contributed by atoms with Gasteiger partial charge in [-0.2, -0.15) is 0 Å². The number of aromatic nitrogens is 1. The minimum atomic E-state index is -0.477. The van der Waals surface area contributed by atoms with Gasteiger partial charge < -0.3 is 35.3 Å². The lowest BCUT2D eigenvalue weighted by Gasteiger charge is -2.13. The molecule has 1 aromatic carbocycles. The quantitative estimate of drug-likeness (QED) is 0.154. The van der Waals surface area contributed by atoms with Crippen molar-refractivity contribution < 1.29 is 28.5 Å². The fourth-order valence-electron chi connectivity index (χ4n) is 2.95. The van der Waals surface area contributed by atoms with Crippen LogP contribution >= 0.6 is 11.3 Å². The molecule has 0 aliphatic rings. The van der Waals surface area contributed by atoms with Gasteiger partial charge in [-0.25, -0.2) is 4.98 Å². The van der Waals surface area contributed by atoms with Gasteiger partial charge in [0.2, 0.25) is 5.91 Å². The van der Waals surface area contributed by atoms with E-state index >= 15 is 0 Å². The summed E-state index contributed by atoms with van der Waals surface area (Å²) in [4.78, 5) is 39.3. The third-order valence-electron chi connectivity index (χ3n) is 4.60. The van der Waals surface area contributed by atoms with Crippen molar-refractivity contribution in [1.29, 1.82) is 0 Å². The number of ether oxygens (including phenoxy) is 4. The maximum absolute atomic E-state index is 12.8. The van der Waals surface area contributed by atoms with Crippen LogP contribution in [0.4, 0.5) is 21.5 Å². The van der Waals surface area contributed by atoms with Crippen LogP contribution in [-0.2, 0) is 23.7 Å². The van der Waals surface area contributed by atoms with E-state index in [1.54, 1.807) is 25.1 Å². The summed E-state index contributed by atoms with van der Waals surface area (Å²) in [5.74, 6) is -0.799. The van der Waals surface area contributed by atoms with Crippen LogP contribution in [0.5, 0.6) is 0 Å². The highest BCUT2D eigenvalue weighted by Gasteiger charge is 2.16. The summed E-state index contributed by atoms with van der Waals surface area (Å²) in [5.41, 5.74) is 7.03. The first-order valence-corrected chi connectivity index (χ1v) is 12.5. The van der Waals surface area contributed by atoms with E-state index in [0.717, 1.165) is 11.3 Å². The van der Waals surface area contributed by atoms with E-state index < -0.39 is 5.91 Å². The van der Waals surface area contributed by atoms with Crippen LogP contribution in [0.3, 0.4) is 0 Å². The zero-order valence-corrected chi connectivity index (χ0v) is 21.9. The van der Waals surface area contributed by atoms with Crippen molar-refractivity contribution >= 4 is 44.7 Å². The van der Waals surface area contributed by atoms with Crippen LogP contribution in [0.25, 0.3) is 0 Å². The molecular weight excluding hydrogens is 504 g/mol. The van der Waals surface area contributed by atoms with Crippen molar-refractivity contribution in [2.24, 2.45) is 10.9 Å². The Balaban J connectivity index is 1.71. The Bertz CT molecular complexity index is 1000. The number of hydrogen-bond acceptors (Lipinski definition) is 12. The molecule has 204 valence electrons. The maximum Gasteiger partial charge on any atom is 0.259 e. The number of thiazole rings is 1. The number of benzene rings is 1. The molecule has 0 spiro atoms. The van der Waals surface area contributed by atoms with Crippen molar-refractivity contribution in [3.8, 4) is 0 Å². The van der Waals surface area contributed by atoms with Gasteiger partial charge in [0.25, 0.3) is 5.91 Å². The van der Waals surface area contributed by atoms with E-state index in [1.807, 2.05) is 0 Å². The normalized spacial score (nSPS) is 10.8. The predicted molar refractivity (Wildman–Crippen MR) is 142 cm³/mol. The van der Waals surface area contributed by atoms with Gasteiger partial charge in [0.15, 0.2) is 10.1 Å². The largest absolute Gasteiger partial charge is 0.383 e. The molecule has 0 saturated heterocycles. The van der Waals surface area contributed by atoms with Crippen LogP contribution in [0.15, 0.2) is 23.4 Å². The molecule has 2 amide bonds. The van der Waals surface area contributed by atoms with Gasteiger partial charge in [0.1, 0.15) is 0 Å². The SMILES string of the molecule is CC(=O)Nc1cc(NCCOCCOCCOCCOCCN)ccc1C(=O)Nc1nc(C)c(N=O)s1. The molecule has 0 unspecified atom stereocenters. The van der Waals surface area contributed by atoms with E-state index in [1.165, 1.54) is 6.92 Å². The molecule has 14 heteroatoms. The van der Waals surface area contributed by atoms with Gasteiger partial charge in [-0.1, -0.05) is 11.3 Å². The lowest BCUT2D eigenvalue weighted by Crippen LogP contribution is -2.17. The number of carbonyl (C=O) groups excluding carboxylic acids is 2. The molecule has 0 radical (unpaired) electrons. The number of hydrogen-bond donors (Lipinski definition) is 4. The fourth-order valence-corrected chi connectivity index (χ4v) is 3.69. The van der Waals surface area contributed by atoms with E-state index in [0.29, 0.717) is 83.0 Å². The van der Waals surface area contributed by atoms with Crippen LogP contribution in [-0.4, -0.2) is 82.7 Å². The highest BCUT2D eigenvalue weighted by Crippen LogP contribution is 2.31. The smallest absolute Gasteiger partial charge is 0.259 e. The van der Waals surface area contributed by atoms with Crippen LogP contribution in [0.2, 0.25) is 0 Å². The number of carbonyl (C=O) groups is 2. The van der Waals surface area contributed by atoms with Crippen molar-refractivity contribution in [3.05, 3.63) is 34.4 Å². The van der Waals surface area contributed by atoms with Gasteiger partial charge in [0, 0.05) is 25.7 Å². The molecule has 0 aliphatic heterocycles. The Labute approximate surface area is 219 Å². The number of rotatable bonds is 19. The molecule has 0 aliphatic carbocycles. The predicted octanol–water partition coefficient (Wildman–Crippen LogP) is 2.50. The Hall–Kier alpha value is -3.01. The van der Waals surface area contributed by atoms with Crippen LogP contribution in [0, 0.1) is 11.8 Å². The van der Waals surface area contributed by atoms with Crippen molar-refractivity contribution in [2.75, 3.05) is 81.9 Å². The molecule has 0 saturated carbocycles. The Morgan fingerprint density at radius 3 is 2.16 bits per heavy atom. The zero-order chi connectivity index (χ0) is 26.9. The number of nitrogens with one attached hydrogen (secondary N) is 3. The highest BCUT2D eigenvalue weighted by molar-refractivity contribution is 7.19. The van der Waals surface area contributed by atoms with E-state index in [-0.39, 0.29) is 21.6 Å². The number of nitrogens with zero attached hydrogens (tertiary/aromatic N) is 2. The standard InChI is InChI=1S/C23H34N6O7S/c1-16-22(29-32)37-23(26-16)28-21(31)19-4-3-18(15-20(19)27-17(2)30)25-6-8-34-10-12-36-14-13-35-11-9-33-7-5-24/h3-4,15,25H,5-14,24H2,1-2H3,(H,27,30)(H,26,28,31). The molecule has 0 bridgehead atoms. The molecular formula is C23H34N6O7S. The maximum atomic E-state index is 12.8. The number of anilines is 3. The molecule has 2 rings (SSSR count). The number of nitroso groups, excluding NO2 is 1. The summed E-state index contributed by atoms with van der Waals surface area (Å²) in [6, 6.07) is 4.96. The van der Waals surface area contributed by atoms with Crippen LogP contribution in [0.1, 0.15) is 23.0 Å². The van der Waals surface area contributed by atoms with E-state index in [9.17, 15) is 14.5 Å². The summed E-state index contributed by atoms with van der Waals surface area (Å²) in [7, 11) is 0. The Morgan fingerprint density at radius 1 is 0.973 bits per heavy atom. The second kappa shape index (κ2) is 17.4. The fraction of sp³-hybridized carbons (Fsp3) is 0.522. The molecule has 1 aromatic heterocycles. The second-order valence-corrected chi connectivity index (χ2v) is 8.54. The first kappa shape index (κ1) is 30.2. The van der Waals surface area contributed by atoms with Crippen LogP contribution < -0.4 is 21.7 Å². The Kier molecular flexibility index (Phi) is 14.2. The highest BCUT2D eigenvalue weighted by atomic mass is 32.1. The van der Waals surface area contributed by atoms with E-state index in [4.69, 9.17) is 24.7 Å². The second-order valence-electron chi connectivity index (χ2n) is 7.56. The van der Waals surface area contributed by atoms with Gasteiger partial charge in [-0.3, -0.25) is 14.9 Å². The monoisotopic (exact) mass is 538 g/mol. The summed E-state index contributed by atoms with van der Waals surface area (Å²) in [6.07, 6.45) is 0. The summed E-state index contributed by atoms with van der Waals surface area (Å²) >= 11 is 0.973. The van der Waals surface area contributed by atoms with Gasteiger partial charge >= 0.3 is 0 Å². The first-order chi connectivity index (χ1) is 17.9. The lowest BCUT2D eigenvalue weighted by atomic mass is 10.1. The minimum absolute atomic E-state index is 0.194. The topological polar surface area (TPSA) is 175 Å². The van der Waals surface area contributed by atoms with Crippen molar-refractivity contribution in [2.45, 2.75) is 13.8 Å². The Morgan fingerprint density at radius 2 is 1.59 bits per heavy atom. The third kappa shape index (κ3) is 11.7. The average molecular weight is 539 g/mol. The summed E-state index contributed by atoms with van der Waals surface area (Å²) in [6.45, 7) is 7.83. The van der Waals surface area contributed by atoms with E-state index in [2.05, 4.69) is 26.1 Å². The number of amides is 2. The first-order valence-electron chi connectivity index (χ1n) is 11.7. The van der Waals surface area contributed by atoms with Crippen molar-refractivity contribution in [1.82, 2.24) is 4.98 Å². The van der Waals surface area contributed by atoms with Gasteiger partial charge in [0.05, 0.1) is 69.8 Å². The zero-order valence-electron chi connectivity index (χ0n) is 21.0. The number of aryl methyl sites for hydroxylation is 1. The molecule has 2 aromatic rings.